The highest BCUT2D eigenvalue weighted by Gasteiger charge is 2.30. The van der Waals surface area contributed by atoms with E-state index in [0.717, 1.165) is 16.4 Å². The van der Waals surface area contributed by atoms with Crippen LogP contribution in [0.3, 0.4) is 0 Å². The van der Waals surface area contributed by atoms with Crippen LogP contribution in [-0.4, -0.2) is 48.1 Å². The third-order valence-corrected chi connectivity index (χ3v) is 3.92. The Morgan fingerprint density at radius 1 is 1.60 bits per heavy atom. The van der Waals surface area contributed by atoms with Gasteiger partial charge in [-0.3, -0.25) is 4.79 Å². The number of carbonyl (C=O) groups excluding carboxylic acids is 1. The number of hydrogen-bond donors (Lipinski definition) is 1. The number of thiazole rings is 1. The van der Waals surface area contributed by atoms with E-state index >= 15 is 0 Å². The number of hydrogen-bond acceptors (Lipinski definition) is 5. The van der Waals surface area contributed by atoms with Gasteiger partial charge in [-0.1, -0.05) is 0 Å². The third kappa shape index (κ3) is 4.86. The number of morpholine rings is 1. The lowest BCUT2D eigenvalue weighted by atomic mass is 10.1. The molecule has 0 aliphatic carbocycles. The molecule has 0 radical (unpaired) electrons. The van der Waals surface area contributed by atoms with E-state index in [1.165, 1.54) is 0 Å². The SMILES string of the molecule is Cc1ncc(CN(C)C(=O)[C@H]2NCCO[C@@H]2C)s1.Cl.Cl. The van der Waals surface area contributed by atoms with Crippen LogP contribution in [0.4, 0.5) is 0 Å². The number of aromatic nitrogens is 1. The summed E-state index contributed by atoms with van der Waals surface area (Å²) < 4.78 is 5.50. The molecule has 1 aromatic rings. The Bertz CT molecular complexity index is 431. The molecule has 1 saturated heterocycles. The number of halogens is 2. The van der Waals surface area contributed by atoms with Gasteiger partial charge in [0.05, 0.1) is 24.3 Å². The number of aryl methyl sites for hydroxylation is 1. The highest BCUT2D eigenvalue weighted by molar-refractivity contribution is 7.11. The van der Waals surface area contributed by atoms with E-state index < -0.39 is 0 Å². The van der Waals surface area contributed by atoms with E-state index in [9.17, 15) is 4.79 Å². The standard InChI is InChI=1S/C12H19N3O2S.2ClH/c1-8-11(13-4-5-17-8)12(16)15(3)7-10-6-14-9(2)18-10;;/h6,8,11,13H,4-5,7H2,1-3H3;2*1H/t8-,11+;;/m1../s1. The van der Waals surface area contributed by atoms with Crippen molar-refractivity contribution < 1.29 is 9.53 Å². The Hall–Kier alpha value is -0.400. The summed E-state index contributed by atoms with van der Waals surface area (Å²) in [6, 6.07) is -0.238. The molecule has 8 heteroatoms. The van der Waals surface area contributed by atoms with Crippen molar-refractivity contribution in [3.8, 4) is 0 Å². The zero-order valence-corrected chi connectivity index (χ0v) is 14.2. The van der Waals surface area contributed by atoms with E-state index in [1.54, 1.807) is 16.2 Å². The summed E-state index contributed by atoms with van der Waals surface area (Å²) >= 11 is 1.62. The average molecular weight is 342 g/mol. The maximum absolute atomic E-state index is 12.3. The number of rotatable bonds is 3. The van der Waals surface area contributed by atoms with Crippen LogP contribution in [0.15, 0.2) is 6.20 Å². The number of nitrogens with one attached hydrogen (secondary N) is 1. The van der Waals surface area contributed by atoms with E-state index in [-0.39, 0.29) is 42.9 Å². The minimum atomic E-state index is -0.238. The second-order valence-corrected chi connectivity index (χ2v) is 5.87. The lowest BCUT2D eigenvalue weighted by Gasteiger charge is -2.32. The zero-order valence-electron chi connectivity index (χ0n) is 11.8. The molecule has 1 fully saturated rings. The zero-order chi connectivity index (χ0) is 13.1. The lowest BCUT2D eigenvalue weighted by molar-refractivity contribution is -0.138. The highest BCUT2D eigenvalue weighted by Crippen LogP contribution is 2.15. The molecule has 1 N–H and O–H groups in total. The first-order valence-corrected chi connectivity index (χ1v) is 6.91. The molecule has 0 aromatic carbocycles. The lowest BCUT2D eigenvalue weighted by Crippen LogP contribution is -2.55. The molecule has 20 heavy (non-hydrogen) atoms. The molecular formula is C12H21Cl2N3O2S. The first-order chi connectivity index (χ1) is 8.58. The smallest absolute Gasteiger partial charge is 0.242 e. The van der Waals surface area contributed by atoms with Crippen LogP contribution in [0.25, 0.3) is 0 Å². The molecule has 2 heterocycles. The van der Waals surface area contributed by atoms with E-state index in [0.29, 0.717) is 13.2 Å². The number of carbonyl (C=O) groups is 1. The summed E-state index contributed by atoms with van der Waals surface area (Å²) in [4.78, 5) is 19.3. The molecule has 0 unspecified atom stereocenters. The first-order valence-electron chi connectivity index (χ1n) is 6.09. The highest BCUT2D eigenvalue weighted by atomic mass is 35.5. The molecule has 5 nitrogen and oxygen atoms in total. The van der Waals surface area contributed by atoms with Crippen LogP contribution >= 0.6 is 36.2 Å². The van der Waals surface area contributed by atoms with Gasteiger partial charge in [-0.25, -0.2) is 4.98 Å². The number of nitrogens with zero attached hydrogens (tertiary/aromatic N) is 2. The Balaban J connectivity index is 0.00000180. The van der Waals surface area contributed by atoms with Gasteiger partial charge in [0.1, 0.15) is 6.04 Å². The van der Waals surface area contributed by atoms with Gasteiger partial charge >= 0.3 is 0 Å². The summed E-state index contributed by atoms with van der Waals surface area (Å²) in [6.07, 6.45) is 1.76. The molecule has 2 rings (SSSR count). The summed E-state index contributed by atoms with van der Waals surface area (Å²) in [5, 5.41) is 4.24. The summed E-state index contributed by atoms with van der Waals surface area (Å²) in [5.74, 6) is 0.0771. The number of ether oxygens (including phenoxy) is 1. The van der Waals surface area contributed by atoms with Crippen LogP contribution in [0.1, 0.15) is 16.8 Å². The molecule has 116 valence electrons. The summed E-state index contributed by atoms with van der Waals surface area (Å²) in [5.41, 5.74) is 0. The molecule has 1 aromatic heterocycles. The van der Waals surface area contributed by atoms with Crippen LogP contribution in [0.5, 0.6) is 0 Å². The van der Waals surface area contributed by atoms with Gasteiger partial charge < -0.3 is 15.0 Å². The molecular weight excluding hydrogens is 321 g/mol. The summed E-state index contributed by atoms with van der Waals surface area (Å²) in [6.45, 7) is 5.90. The van der Waals surface area contributed by atoms with Crippen molar-refractivity contribution in [3.63, 3.8) is 0 Å². The quantitative estimate of drug-likeness (QED) is 0.907. The molecule has 1 amide bonds. The van der Waals surface area contributed by atoms with Gasteiger partial charge in [0.2, 0.25) is 5.91 Å². The predicted molar refractivity (Wildman–Crippen MR) is 85.0 cm³/mol. The third-order valence-electron chi connectivity index (χ3n) is 3.02. The largest absolute Gasteiger partial charge is 0.375 e. The van der Waals surface area contributed by atoms with Crippen molar-refractivity contribution in [2.45, 2.75) is 32.5 Å². The van der Waals surface area contributed by atoms with Crippen molar-refractivity contribution in [2.75, 3.05) is 20.2 Å². The van der Waals surface area contributed by atoms with Gasteiger partial charge in [-0.05, 0) is 13.8 Å². The fraction of sp³-hybridized carbons (Fsp3) is 0.667. The average Bonchev–Trinajstić information content (AvgIpc) is 2.74. The molecule has 0 saturated carbocycles. The van der Waals surface area contributed by atoms with Crippen molar-refractivity contribution in [1.82, 2.24) is 15.2 Å². The van der Waals surface area contributed by atoms with Crippen molar-refractivity contribution >= 4 is 42.1 Å². The van der Waals surface area contributed by atoms with Gasteiger partial charge in [0.25, 0.3) is 0 Å². The topological polar surface area (TPSA) is 54.5 Å². The van der Waals surface area contributed by atoms with E-state index in [1.807, 2.05) is 27.1 Å². The van der Waals surface area contributed by atoms with Gasteiger partial charge in [0.15, 0.2) is 0 Å². The summed E-state index contributed by atoms with van der Waals surface area (Å²) in [7, 11) is 1.82. The van der Waals surface area contributed by atoms with Crippen LogP contribution in [0.2, 0.25) is 0 Å². The molecule has 0 spiro atoms. The molecule has 0 bridgehead atoms. The van der Waals surface area contributed by atoms with Gasteiger partial charge in [-0.2, -0.15) is 0 Å². The van der Waals surface area contributed by atoms with Gasteiger partial charge in [0, 0.05) is 24.7 Å². The Morgan fingerprint density at radius 2 is 2.30 bits per heavy atom. The second-order valence-electron chi connectivity index (χ2n) is 4.55. The van der Waals surface area contributed by atoms with Crippen molar-refractivity contribution in [3.05, 3.63) is 16.1 Å². The first kappa shape index (κ1) is 19.6. The van der Waals surface area contributed by atoms with Crippen LogP contribution in [-0.2, 0) is 16.1 Å². The minimum Gasteiger partial charge on any atom is -0.375 e. The predicted octanol–water partition coefficient (Wildman–Crippen LogP) is 1.63. The van der Waals surface area contributed by atoms with Crippen molar-refractivity contribution in [1.29, 1.82) is 0 Å². The van der Waals surface area contributed by atoms with E-state index in [4.69, 9.17) is 4.74 Å². The Kier molecular flexibility index (Phi) is 8.62. The number of amides is 1. The number of likely N-dealkylation sites (N-methyl/N-ethyl adjacent to an activating group) is 1. The fourth-order valence-electron chi connectivity index (χ4n) is 2.04. The monoisotopic (exact) mass is 341 g/mol. The normalized spacial score (nSPS) is 21.6. The van der Waals surface area contributed by atoms with Crippen LogP contribution < -0.4 is 5.32 Å². The molecule has 1 aliphatic heterocycles. The van der Waals surface area contributed by atoms with Gasteiger partial charge in [-0.15, -0.1) is 36.2 Å². The Labute approximate surface area is 135 Å². The van der Waals surface area contributed by atoms with E-state index in [2.05, 4.69) is 10.3 Å². The molecule has 2 atom stereocenters. The molecule has 1 aliphatic rings. The fourth-order valence-corrected chi connectivity index (χ4v) is 2.89. The maximum Gasteiger partial charge on any atom is 0.242 e. The second kappa shape index (κ2) is 8.79. The van der Waals surface area contributed by atoms with Crippen molar-refractivity contribution in [2.24, 2.45) is 0 Å². The minimum absolute atomic E-state index is 0. The van der Waals surface area contributed by atoms with Crippen LogP contribution in [0, 0.1) is 6.92 Å². The maximum atomic E-state index is 12.3. The Morgan fingerprint density at radius 3 is 2.85 bits per heavy atom.